The normalized spacial score (nSPS) is 16.9. The summed E-state index contributed by atoms with van der Waals surface area (Å²) in [6, 6.07) is 5.22. The molecule has 1 fully saturated rings. The lowest BCUT2D eigenvalue weighted by Crippen LogP contribution is -2.35. The summed E-state index contributed by atoms with van der Waals surface area (Å²) in [5.41, 5.74) is 0.881. The van der Waals surface area contributed by atoms with Crippen LogP contribution >= 0.6 is 0 Å². The van der Waals surface area contributed by atoms with E-state index in [1.165, 1.54) is 12.0 Å². The minimum atomic E-state index is -0.586. The second-order valence-corrected chi connectivity index (χ2v) is 5.26. The molecule has 0 bridgehead atoms. The van der Waals surface area contributed by atoms with Gasteiger partial charge in [0, 0.05) is 19.0 Å². The number of methoxy groups -OCH3 is 1. The minimum Gasteiger partial charge on any atom is -0.497 e. The molecule has 1 heterocycles. The molecule has 1 saturated carbocycles. The molecule has 0 unspecified atom stereocenters. The minimum absolute atomic E-state index is 0.0836. The number of hydrogen-bond donors (Lipinski definition) is 1. The van der Waals surface area contributed by atoms with E-state index in [1.807, 2.05) is 0 Å². The van der Waals surface area contributed by atoms with Crippen LogP contribution in [0.4, 0.5) is 5.69 Å². The molecule has 0 aromatic heterocycles. The Morgan fingerprint density at radius 3 is 2.81 bits per heavy atom. The molecule has 1 aliphatic carbocycles. The van der Waals surface area contributed by atoms with Crippen molar-refractivity contribution >= 4 is 23.3 Å². The Balaban J connectivity index is 1.72. The summed E-state index contributed by atoms with van der Waals surface area (Å²) in [6.45, 7) is 0.211. The Bertz CT molecular complexity index is 622. The quantitative estimate of drug-likeness (QED) is 0.817. The van der Waals surface area contributed by atoms with Gasteiger partial charge in [-0.15, -0.1) is 0 Å². The third kappa shape index (κ3) is 2.61. The maximum Gasteiger partial charge on any atom is 0.299 e. The molecule has 0 radical (unpaired) electrons. The molecule has 0 spiro atoms. The molecule has 1 N–H and O–H groups in total. The van der Waals surface area contributed by atoms with Gasteiger partial charge in [-0.25, -0.2) is 0 Å². The van der Waals surface area contributed by atoms with E-state index in [4.69, 9.17) is 4.74 Å². The number of amides is 2. The van der Waals surface area contributed by atoms with Gasteiger partial charge in [-0.1, -0.05) is 0 Å². The van der Waals surface area contributed by atoms with Crippen LogP contribution in [-0.4, -0.2) is 37.3 Å². The van der Waals surface area contributed by atoms with Gasteiger partial charge in [0.15, 0.2) is 0 Å². The molecule has 21 heavy (non-hydrogen) atoms. The number of Topliss-reactive ketones (excluding diaryl/α,β-unsaturated/α-hetero) is 1. The molecule has 6 heteroatoms. The monoisotopic (exact) mass is 288 g/mol. The van der Waals surface area contributed by atoms with Crippen LogP contribution in [-0.2, 0) is 9.59 Å². The molecule has 2 aliphatic rings. The van der Waals surface area contributed by atoms with Crippen LogP contribution in [0.15, 0.2) is 18.2 Å². The van der Waals surface area contributed by atoms with Crippen LogP contribution in [0.1, 0.15) is 29.6 Å². The second kappa shape index (κ2) is 5.20. The fraction of sp³-hybridized carbons (Fsp3) is 0.400. The van der Waals surface area contributed by atoms with E-state index < -0.39 is 11.7 Å². The summed E-state index contributed by atoms with van der Waals surface area (Å²) < 4.78 is 5.06. The average Bonchev–Trinajstić information content (AvgIpc) is 3.26. The fourth-order valence-electron chi connectivity index (χ4n) is 2.37. The number of nitrogens with one attached hydrogen (secondary N) is 1. The van der Waals surface area contributed by atoms with Gasteiger partial charge in [-0.2, -0.15) is 0 Å². The number of carbonyl (C=O) groups excluding carboxylic acids is 3. The van der Waals surface area contributed by atoms with Crippen molar-refractivity contribution in [3.63, 3.8) is 0 Å². The smallest absolute Gasteiger partial charge is 0.299 e. The summed E-state index contributed by atoms with van der Waals surface area (Å²) in [5, 5.41) is 2.86. The third-order valence-electron chi connectivity index (χ3n) is 3.68. The molecular weight excluding hydrogens is 272 g/mol. The number of fused-ring (bicyclic) bond motifs is 1. The van der Waals surface area contributed by atoms with Gasteiger partial charge in [-0.3, -0.25) is 14.4 Å². The summed E-state index contributed by atoms with van der Waals surface area (Å²) >= 11 is 0. The number of nitrogens with zero attached hydrogens (tertiary/aromatic N) is 1. The van der Waals surface area contributed by atoms with Gasteiger partial charge >= 0.3 is 0 Å². The predicted molar refractivity (Wildman–Crippen MR) is 75.5 cm³/mol. The van der Waals surface area contributed by atoms with Crippen LogP contribution in [0.3, 0.4) is 0 Å². The van der Waals surface area contributed by atoms with Crippen LogP contribution in [0, 0.1) is 0 Å². The van der Waals surface area contributed by atoms with E-state index in [-0.39, 0.29) is 18.9 Å². The molecule has 2 amide bonds. The van der Waals surface area contributed by atoms with E-state index in [2.05, 4.69) is 5.32 Å². The number of rotatable bonds is 5. The van der Waals surface area contributed by atoms with Gasteiger partial charge in [-0.05, 0) is 31.0 Å². The largest absolute Gasteiger partial charge is 0.497 e. The number of anilines is 1. The maximum atomic E-state index is 12.0. The van der Waals surface area contributed by atoms with Crippen molar-refractivity contribution < 1.29 is 19.1 Å². The van der Waals surface area contributed by atoms with Crippen molar-refractivity contribution in [1.82, 2.24) is 5.32 Å². The molecule has 1 aromatic rings. The zero-order valence-corrected chi connectivity index (χ0v) is 11.7. The zero-order chi connectivity index (χ0) is 15.0. The Labute approximate surface area is 122 Å². The first-order valence-corrected chi connectivity index (χ1v) is 6.93. The Morgan fingerprint density at radius 1 is 1.38 bits per heavy atom. The van der Waals surface area contributed by atoms with Crippen molar-refractivity contribution in [1.29, 1.82) is 0 Å². The highest BCUT2D eigenvalue weighted by molar-refractivity contribution is 6.52. The van der Waals surface area contributed by atoms with Crippen LogP contribution in [0.25, 0.3) is 0 Å². The second-order valence-electron chi connectivity index (χ2n) is 5.26. The first-order chi connectivity index (χ1) is 10.1. The molecule has 110 valence electrons. The lowest BCUT2D eigenvalue weighted by molar-refractivity contribution is -0.121. The van der Waals surface area contributed by atoms with Crippen LogP contribution < -0.4 is 15.0 Å². The Hall–Kier alpha value is -2.37. The Morgan fingerprint density at radius 2 is 2.14 bits per heavy atom. The van der Waals surface area contributed by atoms with Gasteiger partial charge < -0.3 is 15.0 Å². The standard InChI is InChI=1S/C15H16N2O4/c1-21-10-4-5-12-11(8-10)14(19)15(20)17(12)7-6-13(18)16-9-2-3-9/h4-5,8-9H,2-3,6-7H2,1H3,(H,16,18). The van der Waals surface area contributed by atoms with Gasteiger partial charge in [0.25, 0.3) is 11.7 Å². The topological polar surface area (TPSA) is 75.7 Å². The molecule has 6 nitrogen and oxygen atoms in total. The van der Waals surface area contributed by atoms with E-state index in [0.717, 1.165) is 12.8 Å². The van der Waals surface area contributed by atoms with Gasteiger partial charge in [0.05, 0.1) is 18.4 Å². The lowest BCUT2D eigenvalue weighted by Gasteiger charge is -2.16. The summed E-state index contributed by atoms with van der Waals surface area (Å²) in [6.07, 6.45) is 2.24. The highest BCUT2D eigenvalue weighted by atomic mass is 16.5. The summed E-state index contributed by atoms with van der Waals surface area (Å²) in [7, 11) is 1.50. The van der Waals surface area contributed by atoms with Crippen LogP contribution in [0.5, 0.6) is 5.75 Å². The number of hydrogen-bond acceptors (Lipinski definition) is 4. The Kier molecular flexibility index (Phi) is 3.37. The van der Waals surface area contributed by atoms with Gasteiger partial charge in [0.2, 0.25) is 5.91 Å². The maximum absolute atomic E-state index is 12.0. The molecule has 3 rings (SSSR count). The van der Waals surface area contributed by atoms with E-state index in [0.29, 0.717) is 23.0 Å². The summed E-state index contributed by atoms with van der Waals surface area (Å²) in [5.74, 6) is -0.688. The van der Waals surface area contributed by atoms with Crippen molar-refractivity contribution in [3.8, 4) is 5.75 Å². The molecular formula is C15H16N2O4. The summed E-state index contributed by atoms with van der Waals surface area (Å²) in [4.78, 5) is 37.0. The highest BCUT2D eigenvalue weighted by Crippen LogP contribution is 2.32. The molecule has 0 atom stereocenters. The number of carbonyl (C=O) groups is 3. The SMILES string of the molecule is COc1ccc2c(c1)C(=O)C(=O)N2CCC(=O)NC1CC1. The van der Waals surface area contributed by atoms with E-state index in [1.54, 1.807) is 18.2 Å². The van der Waals surface area contributed by atoms with Crippen LogP contribution in [0.2, 0.25) is 0 Å². The average molecular weight is 288 g/mol. The molecule has 1 aromatic carbocycles. The zero-order valence-electron chi connectivity index (χ0n) is 11.7. The van der Waals surface area contributed by atoms with Crippen molar-refractivity contribution in [3.05, 3.63) is 23.8 Å². The lowest BCUT2D eigenvalue weighted by atomic mass is 10.1. The van der Waals surface area contributed by atoms with E-state index in [9.17, 15) is 14.4 Å². The van der Waals surface area contributed by atoms with Gasteiger partial charge in [0.1, 0.15) is 5.75 Å². The number of ketones is 1. The third-order valence-corrected chi connectivity index (χ3v) is 3.68. The van der Waals surface area contributed by atoms with Crippen molar-refractivity contribution in [2.45, 2.75) is 25.3 Å². The first-order valence-electron chi connectivity index (χ1n) is 6.93. The highest BCUT2D eigenvalue weighted by Gasteiger charge is 2.36. The fourth-order valence-corrected chi connectivity index (χ4v) is 2.37. The molecule has 1 aliphatic heterocycles. The van der Waals surface area contributed by atoms with Crippen molar-refractivity contribution in [2.24, 2.45) is 0 Å². The molecule has 0 saturated heterocycles. The van der Waals surface area contributed by atoms with E-state index >= 15 is 0 Å². The van der Waals surface area contributed by atoms with Crippen molar-refractivity contribution in [2.75, 3.05) is 18.6 Å². The first kappa shape index (κ1) is 13.6. The number of ether oxygens (including phenoxy) is 1. The predicted octanol–water partition coefficient (Wildman–Crippen LogP) is 0.893. The number of benzene rings is 1.